The zero-order chi connectivity index (χ0) is 10.5. The van der Waals surface area contributed by atoms with Gasteiger partial charge in [0.2, 0.25) is 0 Å². The topological polar surface area (TPSA) is 41.6 Å². The molecule has 15 heavy (non-hydrogen) atoms. The summed E-state index contributed by atoms with van der Waals surface area (Å²) in [4.78, 5) is 11.9. The molecule has 0 saturated carbocycles. The molecule has 1 N–H and O–H groups in total. The number of fused-ring (bicyclic) bond motifs is 1. The molecule has 0 aliphatic heterocycles. The molecule has 0 aliphatic rings. The summed E-state index contributed by atoms with van der Waals surface area (Å²) in [6.45, 7) is 2.23. The zero-order valence-electron chi connectivity index (χ0n) is 9.16. The predicted octanol–water partition coefficient (Wildman–Crippen LogP) is 3.08. The summed E-state index contributed by atoms with van der Waals surface area (Å²) in [5, 5.41) is 0. The Balaban J connectivity index is 1.97. The standard InChI is InChI=1S/C12H17N3/c1-2-3-4-5-6-12-14-10-7-8-13-9-11(10)15-12/h7-9H,2-6H2,1H3,(H,14,15). The molecule has 0 saturated heterocycles. The summed E-state index contributed by atoms with van der Waals surface area (Å²) < 4.78 is 0. The Morgan fingerprint density at radius 3 is 3.00 bits per heavy atom. The van der Waals surface area contributed by atoms with E-state index in [1.165, 1.54) is 25.7 Å². The van der Waals surface area contributed by atoms with Gasteiger partial charge in [-0.1, -0.05) is 26.2 Å². The second kappa shape index (κ2) is 4.91. The SMILES string of the molecule is CCCCCCc1nc2ccncc2[nH]1. The molecule has 0 atom stereocenters. The van der Waals surface area contributed by atoms with Crippen LogP contribution in [0.2, 0.25) is 0 Å². The van der Waals surface area contributed by atoms with Crippen molar-refractivity contribution in [1.29, 1.82) is 0 Å². The van der Waals surface area contributed by atoms with Crippen molar-refractivity contribution in [3.05, 3.63) is 24.3 Å². The van der Waals surface area contributed by atoms with Crippen LogP contribution in [0.3, 0.4) is 0 Å². The molecule has 0 radical (unpaired) electrons. The number of imidazole rings is 1. The van der Waals surface area contributed by atoms with Crippen molar-refractivity contribution < 1.29 is 0 Å². The Kier molecular flexibility index (Phi) is 3.33. The molecule has 2 aromatic heterocycles. The highest BCUT2D eigenvalue weighted by atomic mass is 14.9. The van der Waals surface area contributed by atoms with Gasteiger partial charge in [0.25, 0.3) is 0 Å². The molecular formula is C12H17N3. The third kappa shape index (κ3) is 2.55. The van der Waals surface area contributed by atoms with E-state index in [1.54, 1.807) is 6.20 Å². The lowest BCUT2D eigenvalue weighted by atomic mass is 10.1. The van der Waals surface area contributed by atoms with E-state index in [-0.39, 0.29) is 0 Å². The van der Waals surface area contributed by atoms with Gasteiger partial charge in [-0.25, -0.2) is 4.98 Å². The van der Waals surface area contributed by atoms with Crippen LogP contribution in [0.5, 0.6) is 0 Å². The molecule has 2 heterocycles. The molecule has 0 unspecified atom stereocenters. The maximum atomic E-state index is 4.51. The fraction of sp³-hybridized carbons (Fsp3) is 0.500. The van der Waals surface area contributed by atoms with Gasteiger partial charge in [0.15, 0.2) is 0 Å². The van der Waals surface area contributed by atoms with Gasteiger partial charge in [-0.3, -0.25) is 4.98 Å². The molecule has 3 nitrogen and oxygen atoms in total. The number of nitrogens with one attached hydrogen (secondary N) is 1. The lowest BCUT2D eigenvalue weighted by molar-refractivity contribution is 0.656. The van der Waals surface area contributed by atoms with E-state index in [0.717, 1.165) is 23.3 Å². The molecule has 0 aliphatic carbocycles. The van der Waals surface area contributed by atoms with Crippen LogP contribution in [0.1, 0.15) is 38.4 Å². The van der Waals surface area contributed by atoms with Gasteiger partial charge < -0.3 is 4.98 Å². The molecule has 2 aromatic rings. The second-order valence-corrected chi connectivity index (χ2v) is 3.89. The number of pyridine rings is 1. The van der Waals surface area contributed by atoms with Crippen molar-refractivity contribution in [3.8, 4) is 0 Å². The summed E-state index contributed by atoms with van der Waals surface area (Å²) in [5.74, 6) is 1.09. The smallest absolute Gasteiger partial charge is 0.107 e. The van der Waals surface area contributed by atoms with Crippen molar-refractivity contribution in [2.45, 2.75) is 39.0 Å². The van der Waals surface area contributed by atoms with Crippen molar-refractivity contribution in [2.24, 2.45) is 0 Å². The lowest BCUT2D eigenvalue weighted by Gasteiger charge is -1.95. The highest BCUT2D eigenvalue weighted by Gasteiger charge is 2.01. The second-order valence-electron chi connectivity index (χ2n) is 3.89. The van der Waals surface area contributed by atoms with E-state index < -0.39 is 0 Å². The maximum Gasteiger partial charge on any atom is 0.107 e. The van der Waals surface area contributed by atoms with E-state index in [4.69, 9.17) is 0 Å². The molecule has 80 valence electrons. The molecule has 0 spiro atoms. The molecular weight excluding hydrogens is 186 g/mol. The van der Waals surface area contributed by atoms with E-state index in [2.05, 4.69) is 21.9 Å². The number of aromatic amines is 1. The van der Waals surface area contributed by atoms with Gasteiger partial charge in [0.1, 0.15) is 5.82 Å². The minimum atomic E-state index is 1.02. The number of hydrogen-bond donors (Lipinski definition) is 1. The highest BCUT2D eigenvalue weighted by molar-refractivity contribution is 5.73. The molecule has 0 amide bonds. The molecule has 0 aromatic carbocycles. The largest absolute Gasteiger partial charge is 0.341 e. The van der Waals surface area contributed by atoms with Crippen LogP contribution in [0.15, 0.2) is 18.5 Å². The van der Waals surface area contributed by atoms with E-state index >= 15 is 0 Å². The average molecular weight is 203 g/mol. The lowest BCUT2D eigenvalue weighted by Crippen LogP contribution is -1.87. The minimum absolute atomic E-state index is 1.02. The third-order valence-electron chi connectivity index (χ3n) is 2.60. The number of rotatable bonds is 5. The van der Waals surface area contributed by atoms with Gasteiger partial charge in [0.05, 0.1) is 17.2 Å². The Morgan fingerprint density at radius 1 is 1.27 bits per heavy atom. The van der Waals surface area contributed by atoms with Gasteiger partial charge in [-0.05, 0) is 12.5 Å². The third-order valence-corrected chi connectivity index (χ3v) is 2.60. The first-order chi connectivity index (χ1) is 7.40. The number of aromatic nitrogens is 3. The summed E-state index contributed by atoms with van der Waals surface area (Å²) in [5.41, 5.74) is 2.07. The Labute approximate surface area is 90.0 Å². The molecule has 0 bridgehead atoms. The quantitative estimate of drug-likeness (QED) is 0.759. The van der Waals surface area contributed by atoms with Gasteiger partial charge in [0, 0.05) is 12.6 Å². The van der Waals surface area contributed by atoms with Gasteiger partial charge >= 0.3 is 0 Å². The van der Waals surface area contributed by atoms with Crippen LogP contribution in [-0.4, -0.2) is 15.0 Å². The van der Waals surface area contributed by atoms with E-state index in [1.807, 2.05) is 12.3 Å². The molecule has 3 heteroatoms. The van der Waals surface area contributed by atoms with Gasteiger partial charge in [-0.2, -0.15) is 0 Å². The summed E-state index contributed by atoms with van der Waals surface area (Å²) in [7, 11) is 0. The first-order valence-electron chi connectivity index (χ1n) is 5.68. The van der Waals surface area contributed by atoms with Crippen molar-refractivity contribution in [2.75, 3.05) is 0 Å². The first-order valence-corrected chi connectivity index (χ1v) is 5.68. The van der Waals surface area contributed by atoms with Crippen LogP contribution in [0.4, 0.5) is 0 Å². The Bertz CT molecular complexity index is 386. The maximum absolute atomic E-state index is 4.51. The molecule has 2 rings (SSSR count). The highest BCUT2D eigenvalue weighted by Crippen LogP contribution is 2.11. The summed E-state index contributed by atoms with van der Waals surface area (Å²) in [6.07, 6.45) is 9.79. The van der Waals surface area contributed by atoms with Crippen LogP contribution in [-0.2, 0) is 6.42 Å². The number of aryl methyl sites for hydroxylation is 1. The number of hydrogen-bond acceptors (Lipinski definition) is 2. The van der Waals surface area contributed by atoms with Crippen LogP contribution in [0, 0.1) is 0 Å². The fourth-order valence-corrected chi connectivity index (χ4v) is 1.75. The zero-order valence-corrected chi connectivity index (χ0v) is 9.16. The molecule has 0 fully saturated rings. The van der Waals surface area contributed by atoms with Crippen LogP contribution in [0.25, 0.3) is 11.0 Å². The van der Waals surface area contributed by atoms with Crippen LogP contribution < -0.4 is 0 Å². The summed E-state index contributed by atoms with van der Waals surface area (Å²) >= 11 is 0. The van der Waals surface area contributed by atoms with Crippen molar-refractivity contribution in [1.82, 2.24) is 15.0 Å². The Hall–Kier alpha value is -1.38. The van der Waals surface area contributed by atoms with Crippen molar-refractivity contribution >= 4 is 11.0 Å². The predicted molar refractivity (Wildman–Crippen MR) is 61.7 cm³/mol. The number of unbranched alkanes of at least 4 members (excludes halogenated alkanes) is 3. The van der Waals surface area contributed by atoms with E-state index in [9.17, 15) is 0 Å². The minimum Gasteiger partial charge on any atom is -0.341 e. The number of H-pyrrole nitrogens is 1. The van der Waals surface area contributed by atoms with E-state index in [0.29, 0.717) is 0 Å². The van der Waals surface area contributed by atoms with Crippen molar-refractivity contribution in [3.63, 3.8) is 0 Å². The average Bonchev–Trinajstić information content (AvgIpc) is 2.67. The normalized spacial score (nSPS) is 11.0. The summed E-state index contributed by atoms with van der Waals surface area (Å²) in [6, 6.07) is 1.95. The number of nitrogens with zero attached hydrogens (tertiary/aromatic N) is 2. The monoisotopic (exact) mass is 203 g/mol. The first kappa shape index (κ1) is 10.1. The Morgan fingerprint density at radius 2 is 2.20 bits per heavy atom. The fourth-order valence-electron chi connectivity index (χ4n) is 1.75. The van der Waals surface area contributed by atoms with Gasteiger partial charge in [-0.15, -0.1) is 0 Å². The van der Waals surface area contributed by atoms with Crippen LogP contribution >= 0.6 is 0 Å².